The number of hydrogen-bond donors (Lipinski definition) is 3. The van der Waals surface area contributed by atoms with E-state index in [1.54, 1.807) is 54.6 Å². The molecule has 0 saturated carbocycles. The van der Waals surface area contributed by atoms with Gasteiger partial charge in [0.05, 0.1) is 5.52 Å². The number of rotatable bonds is 4. The predicted molar refractivity (Wildman–Crippen MR) is 133 cm³/mol. The summed E-state index contributed by atoms with van der Waals surface area (Å²) >= 11 is 9.26. The summed E-state index contributed by atoms with van der Waals surface area (Å²) in [5.41, 5.74) is 5.33. The number of aromatic nitrogens is 1. The van der Waals surface area contributed by atoms with Crippen LogP contribution in [0.1, 0.15) is 16.1 Å². The monoisotopic (exact) mass is 524 g/mol. The Labute approximate surface area is 202 Å². The topological polar surface area (TPSA) is 92.2 Å². The molecule has 3 N–H and O–H groups in total. The lowest BCUT2D eigenvalue weighted by Gasteiger charge is -2.13. The summed E-state index contributed by atoms with van der Waals surface area (Å²) < 4.78 is 2.11. The molecule has 0 fully saturated rings. The highest BCUT2D eigenvalue weighted by Gasteiger charge is 2.21. The molecule has 3 aromatic carbocycles. The molecule has 4 rings (SSSR count). The zero-order valence-corrected chi connectivity index (χ0v) is 19.7. The number of benzene rings is 3. The zero-order chi connectivity index (χ0) is 23.5. The van der Waals surface area contributed by atoms with Gasteiger partial charge in [-0.15, -0.1) is 0 Å². The molecule has 166 valence electrons. The minimum atomic E-state index is -0.935. The molecule has 7 nitrogen and oxygen atoms in total. The third-order valence-electron chi connectivity index (χ3n) is 4.83. The third kappa shape index (κ3) is 5.24. The molecular weight excluding hydrogens is 508 g/mol. The number of nitrogens with zero attached hydrogens (tertiary/aromatic N) is 1. The second-order valence-electron chi connectivity index (χ2n) is 7.29. The molecule has 0 aliphatic heterocycles. The molecule has 0 aliphatic carbocycles. The van der Waals surface area contributed by atoms with E-state index in [1.165, 1.54) is 4.68 Å². The number of carbonyl (C=O) groups is 3. The standard InChI is InChI=1S/C24H18BrClN4O3/c1-14-2-7-18(8-3-14)27-22(31)21-13-15-12-16(25)4-11-20(15)30(21)29-24(33)23(32)28-19-9-5-17(26)6-10-19/h2-13H,1H3,(H,27,31)(H,28,32)(H,29,33). The van der Waals surface area contributed by atoms with Gasteiger partial charge >= 0.3 is 11.8 Å². The van der Waals surface area contributed by atoms with Crippen LogP contribution in [0.15, 0.2) is 77.3 Å². The average molecular weight is 526 g/mol. The predicted octanol–water partition coefficient (Wildman–Crippen LogP) is 5.33. The van der Waals surface area contributed by atoms with E-state index < -0.39 is 17.7 Å². The van der Waals surface area contributed by atoms with Crippen LogP contribution in [-0.4, -0.2) is 22.4 Å². The highest BCUT2D eigenvalue weighted by atomic mass is 79.9. The van der Waals surface area contributed by atoms with Crippen LogP contribution in [0.25, 0.3) is 10.9 Å². The number of carbonyl (C=O) groups excluding carboxylic acids is 3. The normalized spacial score (nSPS) is 10.6. The van der Waals surface area contributed by atoms with Crippen LogP contribution in [0.2, 0.25) is 5.02 Å². The molecule has 1 heterocycles. The lowest BCUT2D eigenvalue weighted by Crippen LogP contribution is -2.36. The number of nitrogens with one attached hydrogen (secondary N) is 3. The maximum atomic E-state index is 13.0. The number of fused-ring (bicyclic) bond motifs is 1. The fourth-order valence-corrected chi connectivity index (χ4v) is 3.68. The second kappa shape index (κ2) is 9.48. The Hall–Kier alpha value is -3.62. The van der Waals surface area contributed by atoms with Crippen molar-refractivity contribution in [3.8, 4) is 0 Å². The smallest absolute Gasteiger partial charge is 0.321 e. The SMILES string of the molecule is Cc1ccc(NC(=O)c2cc3cc(Br)ccc3n2NC(=O)C(=O)Nc2ccc(Cl)cc2)cc1. The van der Waals surface area contributed by atoms with Gasteiger partial charge in [0.25, 0.3) is 5.91 Å². The summed E-state index contributed by atoms with van der Waals surface area (Å²) in [7, 11) is 0. The van der Waals surface area contributed by atoms with Gasteiger partial charge in [-0.3, -0.25) is 19.8 Å². The van der Waals surface area contributed by atoms with Gasteiger partial charge in [-0.1, -0.05) is 45.2 Å². The molecule has 0 bridgehead atoms. The Morgan fingerprint density at radius 1 is 0.818 bits per heavy atom. The highest BCUT2D eigenvalue weighted by molar-refractivity contribution is 9.10. The first kappa shape index (κ1) is 22.6. The van der Waals surface area contributed by atoms with E-state index in [0.717, 1.165) is 10.0 Å². The first-order chi connectivity index (χ1) is 15.8. The molecule has 9 heteroatoms. The number of hydrogen-bond acceptors (Lipinski definition) is 3. The molecule has 4 aromatic rings. The fourth-order valence-electron chi connectivity index (χ4n) is 3.18. The van der Waals surface area contributed by atoms with Gasteiger partial charge in [0.15, 0.2) is 0 Å². The minimum absolute atomic E-state index is 0.163. The summed E-state index contributed by atoms with van der Waals surface area (Å²) in [5.74, 6) is -2.26. The number of amides is 3. The molecule has 0 unspecified atom stereocenters. The molecule has 3 amide bonds. The minimum Gasteiger partial charge on any atom is -0.321 e. The van der Waals surface area contributed by atoms with Gasteiger partial charge in [-0.05, 0) is 67.6 Å². The molecular formula is C24H18BrClN4O3. The van der Waals surface area contributed by atoms with E-state index in [2.05, 4.69) is 32.0 Å². The van der Waals surface area contributed by atoms with Crippen molar-refractivity contribution in [1.29, 1.82) is 0 Å². The van der Waals surface area contributed by atoms with E-state index in [0.29, 0.717) is 27.3 Å². The van der Waals surface area contributed by atoms with Crippen molar-refractivity contribution >= 4 is 67.5 Å². The first-order valence-corrected chi connectivity index (χ1v) is 11.0. The van der Waals surface area contributed by atoms with Crippen LogP contribution in [0.4, 0.5) is 11.4 Å². The molecule has 1 aromatic heterocycles. The highest BCUT2D eigenvalue weighted by Crippen LogP contribution is 2.24. The van der Waals surface area contributed by atoms with E-state index in [4.69, 9.17) is 11.6 Å². The Bertz CT molecular complexity index is 1370. The van der Waals surface area contributed by atoms with Crippen LogP contribution in [-0.2, 0) is 9.59 Å². The zero-order valence-electron chi connectivity index (χ0n) is 17.4. The van der Waals surface area contributed by atoms with E-state index in [1.807, 2.05) is 25.1 Å². The molecule has 0 aliphatic rings. The average Bonchev–Trinajstić information content (AvgIpc) is 3.14. The van der Waals surface area contributed by atoms with Crippen molar-refractivity contribution < 1.29 is 14.4 Å². The summed E-state index contributed by atoms with van der Waals surface area (Å²) in [6.45, 7) is 1.95. The third-order valence-corrected chi connectivity index (χ3v) is 5.57. The van der Waals surface area contributed by atoms with Gasteiger partial charge in [-0.25, -0.2) is 4.68 Å². The van der Waals surface area contributed by atoms with Gasteiger partial charge in [0.1, 0.15) is 5.69 Å². The van der Waals surface area contributed by atoms with Crippen LogP contribution in [0.5, 0.6) is 0 Å². The van der Waals surface area contributed by atoms with Crippen LogP contribution >= 0.6 is 27.5 Å². The van der Waals surface area contributed by atoms with Crippen LogP contribution in [0.3, 0.4) is 0 Å². The van der Waals surface area contributed by atoms with Gasteiger partial charge < -0.3 is 10.6 Å². The molecule has 0 atom stereocenters. The van der Waals surface area contributed by atoms with E-state index in [9.17, 15) is 14.4 Å². The van der Waals surface area contributed by atoms with Crippen molar-refractivity contribution in [2.75, 3.05) is 16.1 Å². The van der Waals surface area contributed by atoms with Gasteiger partial charge in [-0.2, -0.15) is 0 Å². The molecule has 0 radical (unpaired) electrons. The Balaban J connectivity index is 1.61. The first-order valence-electron chi connectivity index (χ1n) is 9.87. The maximum absolute atomic E-state index is 13.0. The Kier molecular flexibility index (Phi) is 6.48. The van der Waals surface area contributed by atoms with Crippen LogP contribution < -0.4 is 16.1 Å². The molecule has 0 saturated heterocycles. The summed E-state index contributed by atoms with van der Waals surface area (Å²) in [4.78, 5) is 38.1. The fraction of sp³-hybridized carbons (Fsp3) is 0.0417. The van der Waals surface area contributed by atoms with E-state index in [-0.39, 0.29) is 5.69 Å². The lowest BCUT2D eigenvalue weighted by molar-refractivity contribution is -0.133. The quantitative estimate of drug-likeness (QED) is 0.315. The number of anilines is 2. The van der Waals surface area contributed by atoms with Crippen LogP contribution in [0, 0.1) is 6.92 Å². The second-order valence-corrected chi connectivity index (χ2v) is 8.64. The molecule has 0 spiro atoms. The summed E-state index contributed by atoms with van der Waals surface area (Å²) in [6.07, 6.45) is 0. The number of halogens is 2. The molecule has 33 heavy (non-hydrogen) atoms. The summed E-state index contributed by atoms with van der Waals surface area (Å²) in [6, 6.07) is 20.7. The van der Waals surface area contributed by atoms with Crippen molar-refractivity contribution in [2.45, 2.75) is 6.92 Å². The van der Waals surface area contributed by atoms with E-state index >= 15 is 0 Å². The van der Waals surface area contributed by atoms with Gasteiger partial charge in [0, 0.05) is 26.3 Å². The summed E-state index contributed by atoms with van der Waals surface area (Å²) in [5, 5.41) is 6.53. The number of aryl methyl sites for hydroxylation is 1. The Morgan fingerprint density at radius 3 is 2.15 bits per heavy atom. The van der Waals surface area contributed by atoms with Crippen molar-refractivity contribution in [3.63, 3.8) is 0 Å². The van der Waals surface area contributed by atoms with Gasteiger partial charge in [0.2, 0.25) is 0 Å². The van der Waals surface area contributed by atoms with Crippen molar-refractivity contribution in [1.82, 2.24) is 4.68 Å². The largest absolute Gasteiger partial charge is 0.328 e. The van der Waals surface area contributed by atoms with Crippen molar-refractivity contribution in [3.05, 3.63) is 93.5 Å². The lowest BCUT2D eigenvalue weighted by atomic mass is 10.2. The maximum Gasteiger partial charge on any atom is 0.328 e. The van der Waals surface area contributed by atoms with Crippen molar-refractivity contribution in [2.24, 2.45) is 0 Å². The Morgan fingerprint density at radius 2 is 1.45 bits per heavy atom.